The summed E-state index contributed by atoms with van der Waals surface area (Å²) in [5.41, 5.74) is 4.31. The smallest absolute Gasteiger partial charge is 0.178 e. The number of hydrogen-bond donors (Lipinski definition) is 1. The average Bonchev–Trinajstić information content (AvgIpc) is 2.79. The second-order valence-electron chi connectivity index (χ2n) is 4.69. The number of aryl methyl sites for hydroxylation is 3. The van der Waals surface area contributed by atoms with Gasteiger partial charge in [-0.25, -0.2) is 15.0 Å². The minimum atomic E-state index is 0.752. The second kappa shape index (κ2) is 5.93. The van der Waals surface area contributed by atoms with E-state index >= 15 is 0 Å². The van der Waals surface area contributed by atoms with Crippen molar-refractivity contribution in [2.75, 3.05) is 13.1 Å². The molecule has 0 aliphatic rings. The fraction of sp³-hybridized carbons (Fsp3) is 0.500. The van der Waals surface area contributed by atoms with Gasteiger partial charge in [-0.1, -0.05) is 6.92 Å². The van der Waals surface area contributed by atoms with E-state index in [1.165, 1.54) is 5.56 Å². The lowest BCUT2D eigenvalue weighted by atomic mass is 10.1. The molecular formula is C14H21N5. The molecule has 0 aliphatic heterocycles. The Balaban J connectivity index is 2.29. The summed E-state index contributed by atoms with van der Waals surface area (Å²) in [6.07, 6.45) is 4.53. The van der Waals surface area contributed by atoms with Crippen LogP contribution in [-0.2, 0) is 13.5 Å². The number of hydrogen-bond acceptors (Lipinski definition) is 4. The molecule has 0 saturated heterocycles. The fourth-order valence-electron chi connectivity index (χ4n) is 2.18. The summed E-state index contributed by atoms with van der Waals surface area (Å²) in [6, 6.07) is 0. The van der Waals surface area contributed by atoms with Crippen molar-refractivity contribution in [3.05, 3.63) is 29.5 Å². The molecule has 0 bridgehead atoms. The van der Waals surface area contributed by atoms with Gasteiger partial charge in [-0.05, 0) is 38.9 Å². The van der Waals surface area contributed by atoms with Gasteiger partial charge < -0.3 is 9.88 Å². The van der Waals surface area contributed by atoms with Crippen LogP contribution in [0.25, 0.3) is 11.5 Å². The van der Waals surface area contributed by atoms with Crippen molar-refractivity contribution in [3.8, 4) is 11.5 Å². The van der Waals surface area contributed by atoms with Crippen LogP contribution in [0.2, 0.25) is 0 Å². The predicted molar refractivity (Wildman–Crippen MR) is 76.0 cm³/mol. The summed E-state index contributed by atoms with van der Waals surface area (Å²) < 4.78 is 1.94. The zero-order valence-corrected chi connectivity index (χ0v) is 12.1. The van der Waals surface area contributed by atoms with Gasteiger partial charge in [-0.15, -0.1) is 0 Å². The topological polar surface area (TPSA) is 55.6 Å². The molecule has 1 N–H and O–H groups in total. The Labute approximate surface area is 114 Å². The largest absolute Gasteiger partial charge is 0.331 e. The van der Waals surface area contributed by atoms with E-state index < -0.39 is 0 Å². The molecule has 0 fully saturated rings. The molecule has 0 unspecified atom stereocenters. The lowest BCUT2D eigenvalue weighted by molar-refractivity contribution is 0.708. The maximum atomic E-state index is 4.62. The van der Waals surface area contributed by atoms with Crippen LogP contribution in [0.15, 0.2) is 12.5 Å². The van der Waals surface area contributed by atoms with Gasteiger partial charge in [0.2, 0.25) is 0 Å². The van der Waals surface area contributed by atoms with Gasteiger partial charge in [0.05, 0.1) is 12.5 Å². The Bertz CT molecular complexity index is 536. The Kier molecular flexibility index (Phi) is 4.27. The molecule has 0 atom stereocenters. The number of likely N-dealkylation sites (N-methyl/N-ethyl adjacent to an activating group) is 1. The van der Waals surface area contributed by atoms with Gasteiger partial charge in [-0.2, -0.15) is 0 Å². The number of aromatic nitrogens is 4. The average molecular weight is 259 g/mol. The first kappa shape index (κ1) is 13.7. The molecule has 0 aromatic carbocycles. The van der Waals surface area contributed by atoms with E-state index in [1.54, 1.807) is 12.5 Å². The molecule has 2 aromatic heterocycles. The maximum Gasteiger partial charge on any atom is 0.178 e. The fourth-order valence-corrected chi connectivity index (χ4v) is 2.18. The molecule has 0 amide bonds. The molecule has 5 heteroatoms. The van der Waals surface area contributed by atoms with E-state index in [4.69, 9.17) is 0 Å². The van der Waals surface area contributed by atoms with Crippen LogP contribution >= 0.6 is 0 Å². The normalized spacial score (nSPS) is 10.9. The molecule has 5 nitrogen and oxygen atoms in total. The summed E-state index contributed by atoms with van der Waals surface area (Å²) in [5.74, 6) is 0.752. The van der Waals surface area contributed by atoms with Crippen molar-refractivity contribution in [3.63, 3.8) is 0 Å². The highest BCUT2D eigenvalue weighted by molar-refractivity contribution is 5.50. The van der Waals surface area contributed by atoms with Gasteiger partial charge in [0.1, 0.15) is 5.69 Å². The third-order valence-corrected chi connectivity index (χ3v) is 3.27. The van der Waals surface area contributed by atoms with Gasteiger partial charge in [0.25, 0.3) is 0 Å². The Morgan fingerprint density at radius 3 is 2.42 bits per heavy atom. The van der Waals surface area contributed by atoms with E-state index in [2.05, 4.69) is 41.0 Å². The second-order valence-corrected chi connectivity index (χ2v) is 4.69. The molecule has 2 aromatic rings. The molecule has 0 radical (unpaired) electrons. The Hall–Kier alpha value is -1.75. The van der Waals surface area contributed by atoms with Crippen molar-refractivity contribution in [2.45, 2.75) is 27.2 Å². The standard InChI is InChI=1S/C14H21N5/c1-5-15-7-6-12-10(2)17-14(18-11(12)3)13-8-16-9-19(13)4/h8-9,15H,5-7H2,1-4H3. The SMILES string of the molecule is CCNCCc1c(C)nc(-c2cncn2C)nc1C. The molecule has 0 aliphatic carbocycles. The summed E-state index contributed by atoms with van der Waals surface area (Å²) >= 11 is 0. The molecule has 0 saturated carbocycles. The lowest BCUT2D eigenvalue weighted by Crippen LogP contribution is -2.18. The van der Waals surface area contributed by atoms with Crippen LogP contribution in [0.3, 0.4) is 0 Å². The van der Waals surface area contributed by atoms with Crippen LogP contribution in [0.5, 0.6) is 0 Å². The van der Waals surface area contributed by atoms with Crippen molar-refractivity contribution in [2.24, 2.45) is 7.05 Å². The Morgan fingerprint density at radius 1 is 1.21 bits per heavy atom. The van der Waals surface area contributed by atoms with Crippen molar-refractivity contribution in [1.82, 2.24) is 24.8 Å². The lowest BCUT2D eigenvalue weighted by Gasteiger charge is -2.11. The summed E-state index contributed by atoms with van der Waals surface area (Å²) in [7, 11) is 1.95. The van der Waals surface area contributed by atoms with Gasteiger partial charge >= 0.3 is 0 Å². The van der Waals surface area contributed by atoms with E-state index in [0.29, 0.717) is 0 Å². The van der Waals surface area contributed by atoms with Crippen LogP contribution in [0.4, 0.5) is 0 Å². The molecule has 102 valence electrons. The third-order valence-electron chi connectivity index (χ3n) is 3.27. The highest BCUT2D eigenvalue weighted by atomic mass is 15.1. The van der Waals surface area contributed by atoms with E-state index in [0.717, 1.165) is 42.4 Å². The molecular weight excluding hydrogens is 238 g/mol. The minimum absolute atomic E-state index is 0.752. The predicted octanol–water partition coefficient (Wildman–Crippen LogP) is 1.65. The first-order chi connectivity index (χ1) is 9.13. The maximum absolute atomic E-state index is 4.62. The van der Waals surface area contributed by atoms with Crippen LogP contribution in [0.1, 0.15) is 23.9 Å². The number of nitrogens with zero attached hydrogens (tertiary/aromatic N) is 4. The summed E-state index contributed by atoms with van der Waals surface area (Å²) in [4.78, 5) is 13.3. The van der Waals surface area contributed by atoms with Gasteiger partial charge in [-0.3, -0.25) is 0 Å². The summed E-state index contributed by atoms with van der Waals surface area (Å²) in [6.45, 7) is 8.17. The zero-order chi connectivity index (χ0) is 13.8. The Morgan fingerprint density at radius 2 is 1.89 bits per heavy atom. The van der Waals surface area contributed by atoms with Crippen molar-refractivity contribution in [1.29, 1.82) is 0 Å². The molecule has 0 spiro atoms. The highest BCUT2D eigenvalue weighted by Gasteiger charge is 2.11. The van der Waals surface area contributed by atoms with Gasteiger partial charge in [0.15, 0.2) is 5.82 Å². The van der Waals surface area contributed by atoms with E-state index in [-0.39, 0.29) is 0 Å². The first-order valence-corrected chi connectivity index (χ1v) is 6.65. The monoisotopic (exact) mass is 259 g/mol. The van der Waals surface area contributed by atoms with Crippen LogP contribution in [-0.4, -0.2) is 32.6 Å². The number of rotatable bonds is 5. The van der Waals surface area contributed by atoms with Crippen molar-refractivity contribution < 1.29 is 0 Å². The zero-order valence-electron chi connectivity index (χ0n) is 12.1. The molecule has 2 heterocycles. The van der Waals surface area contributed by atoms with E-state index in [9.17, 15) is 0 Å². The number of nitrogens with one attached hydrogen (secondary N) is 1. The van der Waals surface area contributed by atoms with Crippen molar-refractivity contribution >= 4 is 0 Å². The molecule has 19 heavy (non-hydrogen) atoms. The van der Waals surface area contributed by atoms with E-state index in [1.807, 2.05) is 11.6 Å². The number of imidazole rings is 1. The summed E-state index contributed by atoms with van der Waals surface area (Å²) in [5, 5.41) is 3.33. The first-order valence-electron chi connectivity index (χ1n) is 6.65. The van der Waals surface area contributed by atoms with Crippen LogP contribution in [0, 0.1) is 13.8 Å². The van der Waals surface area contributed by atoms with Gasteiger partial charge in [0, 0.05) is 18.4 Å². The minimum Gasteiger partial charge on any atom is -0.331 e. The highest BCUT2D eigenvalue weighted by Crippen LogP contribution is 2.18. The van der Waals surface area contributed by atoms with Crippen LogP contribution < -0.4 is 5.32 Å². The third kappa shape index (κ3) is 2.98. The quantitative estimate of drug-likeness (QED) is 0.829. The molecule has 2 rings (SSSR count).